The van der Waals surface area contributed by atoms with Gasteiger partial charge in [-0.05, 0) is 19.8 Å². The van der Waals surface area contributed by atoms with Crippen molar-refractivity contribution in [1.82, 2.24) is 14.5 Å². The first-order valence-electron chi connectivity index (χ1n) is 5.87. The van der Waals surface area contributed by atoms with Crippen molar-refractivity contribution in [1.29, 1.82) is 0 Å². The van der Waals surface area contributed by atoms with Crippen LogP contribution >= 0.6 is 0 Å². The molecule has 1 unspecified atom stereocenters. The van der Waals surface area contributed by atoms with Gasteiger partial charge < -0.3 is 10.8 Å². The van der Waals surface area contributed by atoms with Crippen molar-refractivity contribution >= 4 is 15.8 Å². The number of aromatic nitrogens is 2. The first-order chi connectivity index (χ1) is 8.36. The Bertz CT molecular complexity index is 481. The Kier molecular flexibility index (Phi) is 5.12. The summed E-state index contributed by atoms with van der Waals surface area (Å²) < 4.78 is 27.7. The Balaban J connectivity index is 2.78. The number of hydrogen-bond acceptors (Lipinski definition) is 5. The van der Waals surface area contributed by atoms with Gasteiger partial charge in [0.05, 0.1) is 6.10 Å². The second-order valence-electron chi connectivity index (χ2n) is 4.18. The largest absolute Gasteiger partial charge is 0.393 e. The zero-order valence-corrected chi connectivity index (χ0v) is 11.4. The van der Waals surface area contributed by atoms with Crippen LogP contribution in [0.5, 0.6) is 0 Å². The van der Waals surface area contributed by atoms with Crippen LogP contribution in [-0.4, -0.2) is 36.0 Å². The van der Waals surface area contributed by atoms with Crippen molar-refractivity contribution in [3.8, 4) is 0 Å². The van der Waals surface area contributed by atoms with Crippen molar-refractivity contribution in [2.75, 3.05) is 12.3 Å². The molecule has 18 heavy (non-hydrogen) atoms. The predicted octanol–water partition coefficient (Wildman–Crippen LogP) is -0.0755. The second-order valence-corrected chi connectivity index (χ2v) is 5.91. The molecule has 0 amide bonds. The monoisotopic (exact) mass is 276 g/mol. The lowest BCUT2D eigenvalue weighted by Crippen LogP contribution is -2.27. The van der Waals surface area contributed by atoms with Crippen LogP contribution in [0.25, 0.3) is 0 Å². The molecule has 1 aromatic rings. The molecule has 104 valence electrons. The molecular formula is C10H20N4O3S. The molecule has 0 saturated carbocycles. The lowest BCUT2D eigenvalue weighted by molar-refractivity contribution is 0.186. The summed E-state index contributed by atoms with van der Waals surface area (Å²) in [6.07, 6.45) is 2.06. The minimum atomic E-state index is -3.65. The van der Waals surface area contributed by atoms with E-state index in [1.165, 1.54) is 10.9 Å². The molecule has 4 N–H and O–H groups in total. The molecule has 7 nitrogen and oxygen atoms in total. The molecular weight excluding hydrogens is 256 g/mol. The van der Waals surface area contributed by atoms with Gasteiger partial charge in [0.25, 0.3) is 0 Å². The molecule has 8 heteroatoms. The van der Waals surface area contributed by atoms with Crippen LogP contribution < -0.4 is 10.5 Å². The van der Waals surface area contributed by atoms with Crippen LogP contribution in [0.3, 0.4) is 0 Å². The van der Waals surface area contributed by atoms with E-state index in [0.717, 1.165) is 6.42 Å². The zero-order chi connectivity index (χ0) is 13.8. The molecule has 0 aliphatic carbocycles. The zero-order valence-electron chi connectivity index (χ0n) is 10.6. The maximum atomic E-state index is 11.9. The first-order valence-corrected chi connectivity index (χ1v) is 7.35. The molecule has 0 aliphatic rings. The fourth-order valence-electron chi connectivity index (χ4n) is 1.45. The summed E-state index contributed by atoms with van der Waals surface area (Å²) in [6, 6.07) is 0. The van der Waals surface area contributed by atoms with E-state index in [4.69, 9.17) is 10.8 Å². The highest BCUT2D eigenvalue weighted by atomic mass is 32.2. The van der Waals surface area contributed by atoms with E-state index >= 15 is 0 Å². The van der Waals surface area contributed by atoms with E-state index in [1.54, 1.807) is 6.92 Å². The number of nitrogens with zero attached hydrogens (tertiary/aromatic N) is 2. The topological polar surface area (TPSA) is 110 Å². The van der Waals surface area contributed by atoms with Crippen molar-refractivity contribution < 1.29 is 13.5 Å². The van der Waals surface area contributed by atoms with Gasteiger partial charge in [0.2, 0.25) is 10.0 Å². The number of nitrogens with two attached hydrogens (primary N) is 1. The highest BCUT2D eigenvalue weighted by molar-refractivity contribution is 7.89. The summed E-state index contributed by atoms with van der Waals surface area (Å²) in [7, 11) is -3.65. The number of nitrogens with one attached hydrogen (secondary N) is 1. The predicted molar refractivity (Wildman–Crippen MR) is 68.4 cm³/mol. The molecule has 0 saturated heterocycles. The Morgan fingerprint density at radius 3 is 2.83 bits per heavy atom. The first kappa shape index (κ1) is 14.9. The molecule has 1 rings (SSSR count). The molecule has 0 radical (unpaired) electrons. The highest BCUT2D eigenvalue weighted by Gasteiger charge is 2.20. The Labute approximate surface area is 107 Å². The van der Waals surface area contributed by atoms with Crippen LogP contribution in [0, 0.1) is 0 Å². The average Bonchev–Trinajstić information content (AvgIpc) is 2.60. The molecule has 0 aliphatic heterocycles. The van der Waals surface area contributed by atoms with Gasteiger partial charge in [0, 0.05) is 19.3 Å². The van der Waals surface area contributed by atoms with Crippen molar-refractivity contribution in [3.05, 3.63) is 6.20 Å². The smallest absolute Gasteiger partial charge is 0.245 e. The van der Waals surface area contributed by atoms with Crippen LogP contribution in [0.2, 0.25) is 0 Å². The molecule has 1 heterocycles. The standard InChI is InChI=1S/C10H20N4O3S/c1-3-6-14-7-9(10(11)13-14)18(16,17)12-5-4-8(2)15/h7-8,12,15H,3-6H2,1-2H3,(H2,11,13). The third-order valence-electron chi connectivity index (χ3n) is 2.35. The molecule has 0 spiro atoms. The van der Waals surface area contributed by atoms with Crippen LogP contribution in [0.15, 0.2) is 11.1 Å². The summed E-state index contributed by atoms with van der Waals surface area (Å²) >= 11 is 0. The number of aliphatic hydroxyl groups is 1. The molecule has 0 fully saturated rings. The van der Waals surface area contributed by atoms with Crippen LogP contribution in [0.1, 0.15) is 26.7 Å². The van der Waals surface area contributed by atoms with Gasteiger partial charge in [-0.15, -0.1) is 0 Å². The van der Waals surface area contributed by atoms with Crippen LogP contribution in [0.4, 0.5) is 5.82 Å². The molecule has 1 atom stereocenters. The highest BCUT2D eigenvalue weighted by Crippen LogP contribution is 2.16. The third kappa shape index (κ3) is 3.97. The summed E-state index contributed by atoms with van der Waals surface area (Å²) in [5.74, 6) is -0.00648. The quantitative estimate of drug-likeness (QED) is 0.645. The maximum Gasteiger partial charge on any atom is 0.245 e. The number of nitrogen functional groups attached to an aromatic ring is 1. The number of hydrogen-bond donors (Lipinski definition) is 3. The van der Waals surface area contributed by atoms with Gasteiger partial charge in [0.1, 0.15) is 4.90 Å². The number of sulfonamides is 1. The van der Waals surface area contributed by atoms with Gasteiger partial charge in [-0.3, -0.25) is 4.68 Å². The number of anilines is 1. The normalized spacial score (nSPS) is 13.7. The van der Waals surface area contributed by atoms with E-state index in [2.05, 4.69) is 9.82 Å². The maximum absolute atomic E-state index is 11.9. The Morgan fingerprint density at radius 2 is 2.28 bits per heavy atom. The summed E-state index contributed by atoms with van der Waals surface area (Å²) in [6.45, 7) is 4.35. The SMILES string of the molecule is CCCn1cc(S(=O)(=O)NCCC(C)O)c(N)n1. The average molecular weight is 276 g/mol. The summed E-state index contributed by atoms with van der Waals surface area (Å²) in [5.41, 5.74) is 5.59. The Morgan fingerprint density at radius 1 is 1.61 bits per heavy atom. The van der Waals surface area contributed by atoms with Gasteiger partial charge in [-0.1, -0.05) is 6.92 Å². The number of aryl methyl sites for hydroxylation is 1. The van der Waals surface area contributed by atoms with Crippen molar-refractivity contribution in [2.24, 2.45) is 0 Å². The molecule has 0 aromatic carbocycles. The van der Waals surface area contributed by atoms with E-state index in [0.29, 0.717) is 13.0 Å². The second kappa shape index (κ2) is 6.17. The van der Waals surface area contributed by atoms with Gasteiger partial charge >= 0.3 is 0 Å². The fourth-order valence-corrected chi connectivity index (χ4v) is 2.57. The molecule has 1 aromatic heterocycles. The number of rotatable bonds is 7. The van der Waals surface area contributed by atoms with Crippen molar-refractivity contribution in [3.63, 3.8) is 0 Å². The van der Waals surface area contributed by atoms with Crippen LogP contribution in [-0.2, 0) is 16.6 Å². The third-order valence-corrected chi connectivity index (χ3v) is 3.83. The number of aliphatic hydroxyl groups excluding tert-OH is 1. The van der Waals surface area contributed by atoms with E-state index < -0.39 is 16.1 Å². The van der Waals surface area contributed by atoms with E-state index in [-0.39, 0.29) is 17.3 Å². The van der Waals surface area contributed by atoms with E-state index in [9.17, 15) is 8.42 Å². The van der Waals surface area contributed by atoms with Gasteiger partial charge in [-0.25, -0.2) is 13.1 Å². The lowest BCUT2D eigenvalue weighted by atomic mass is 10.3. The minimum absolute atomic E-state index is 0.00648. The van der Waals surface area contributed by atoms with E-state index in [1.807, 2.05) is 6.92 Å². The van der Waals surface area contributed by atoms with Crippen molar-refractivity contribution in [2.45, 2.75) is 44.2 Å². The summed E-state index contributed by atoms with van der Waals surface area (Å²) in [4.78, 5) is -0.0125. The van der Waals surface area contributed by atoms with Gasteiger partial charge in [-0.2, -0.15) is 5.10 Å². The Hall–Kier alpha value is -1.12. The summed E-state index contributed by atoms with van der Waals surface area (Å²) in [5, 5.41) is 13.0. The minimum Gasteiger partial charge on any atom is -0.393 e. The fraction of sp³-hybridized carbons (Fsp3) is 0.700. The lowest BCUT2D eigenvalue weighted by Gasteiger charge is -2.06. The molecule has 0 bridgehead atoms. The van der Waals surface area contributed by atoms with Gasteiger partial charge in [0.15, 0.2) is 5.82 Å².